The molecule has 0 spiro atoms. The lowest BCUT2D eigenvalue weighted by atomic mass is 10.1. The van der Waals surface area contributed by atoms with Gasteiger partial charge in [0.25, 0.3) is 0 Å². The first-order valence-corrected chi connectivity index (χ1v) is 12.4. The molecule has 4 aromatic rings. The molecule has 0 atom stereocenters. The van der Waals surface area contributed by atoms with E-state index in [-0.39, 0.29) is 5.97 Å². The third-order valence-corrected chi connectivity index (χ3v) is 6.77. The van der Waals surface area contributed by atoms with Gasteiger partial charge in [-0.3, -0.25) is 0 Å². The van der Waals surface area contributed by atoms with Crippen molar-refractivity contribution in [2.75, 3.05) is 19.6 Å². The van der Waals surface area contributed by atoms with Crippen molar-refractivity contribution in [3.05, 3.63) is 83.3 Å². The van der Waals surface area contributed by atoms with E-state index in [1.807, 2.05) is 55.5 Å². The van der Waals surface area contributed by atoms with Gasteiger partial charge in [0.1, 0.15) is 5.75 Å². The van der Waals surface area contributed by atoms with Gasteiger partial charge in [-0.25, -0.2) is 9.47 Å². The largest absolute Gasteiger partial charge is 0.497 e. The molecule has 2 N–H and O–H groups in total. The van der Waals surface area contributed by atoms with Gasteiger partial charge in [-0.1, -0.05) is 42.1 Å². The number of hydrogen-bond acceptors (Lipinski definition) is 7. The number of aromatic nitrogens is 4. The summed E-state index contributed by atoms with van der Waals surface area (Å²) in [5.41, 5.74) is 4.45. The molecule has 2 aromatic heterocycles. The molecule has 0 bridgehead atoms. The summed E-state index contributed by atoms with van der Waals surface area (Å²) >= 11 is 1.55. The maximum absolute atomic E-state index is 12.6. The van der Waals surface area contributed by atoms with E-state index < -0.39 is 0 Å². The number of hydrogen-bond donors (Lipinski definition) is 1. The van der Waals surface area contributed by atoms with E-state index in [9.17, 15) is 4.79 Å². The number of carbonyl (C=O) groups is 1. The molecule has 4 rings (SSSR count). The number of ether oxygens (including phenoxy) is 2. The molecule has 0 radical (unpaired) electrons. The molecule has 182 valence electrons. The van der Waals surface area contributed by atoms with E-state index in [0.29, 0.717) is 36.1 Å². The SMILES string of the molecule is CCOC(=O)c1cc(-c2ccc(OC)cc2)n(CCc2nnc(SCc3ccccc3)n2N)c1C. The third-order valence-electron chi connectivity index (χ3n) is 5.75. The Kier molecular flexibility index (Phi) is 7.77. The lowest BCUT2D eigenvalue weighted by Gasteiger charge is -2.12. The summed E-state index contributed by atoms with van der Waals surface area (Å²) in [6.07, 6.45) is 0.552. The van der Waals surface area contributed by atoms with Gasteiger partial charge in [0.15, 0.2) is 5.82 Å². The molecule has 2 heterocycles. The highest BCUT2D eigenvalue weighted by Gasteiger charge is 2.20. The Balaban J connectivity index is 1.56. The summed E-state index contributed by atoms with van der Waals surface area (Å²) in [7, 11) is 1.63. The number of benzene rings is 2. The monoisotopic (exact) mass is 491 g/mol. The van der Waals surface area contributed by atoms with Crippen LogP contribution < -0.4 is 10.6 Å². The van der Waals surface area contributed by atoms with Crippen molar-refractivity contribution in [3.8, 4) is 17.0 Å². The number of methoxy groups -OCH3 is 1. The van der Waals surface area contributed by atoms with E-state index in [2.05, 4.69) is 26.9 Å². The summed E-state index contributed by atoms with van der Waals surface area (Å²) in [6.45, 7) is 4.62. The van der Waals surface area contributed by atoms with Crippen LogP contribution in [0.25, 0.3) is 11.3 Å². The van der Waals surface area contributed by atoms with Crippen LogP contribution in [0.15, 0.2) is 65.8 Å². The molecular weight excluding hydrogens is 462 g/mol. The maximum atomic E-state index is 12.6. The van der Waals surface area contributed by atoms with Crippen molar-refractivity contribution in [3.63, 3.8) is 0 Å². The van der Waals surface area contributed by atoms with Crippen LogP contribution in [0.4, 0.5) is 0 Å². The number of nitrogen functional groups attached to an aromatic ring is 1. The van der Waals surface area contributed by atoms with Crippen LogP contribution in [0.2, 0.25) is 0 Å². The number of carbonyl (C=O) groups excluding carboxylic acids is 1. The van der Waals surface area contributed by atoms with Crippen molar-refractivity contribution in [2.45, 2.75) is 37.7 Å². The fourth-order valence-corrected chi connectivity index (χ4v) is 4.69. The zero-order valence-electron chi connectivity index (χ0n) is 20.1. The molecule has 0 saturated heterocycles. The van der Waals surface area contributed by atoms with E-state index >= 15 is 0 Å². The fraction of sp³-hybridized carbons (Fsp3) is 0.269. The quantitative estimate of drug-likeness (QED) is 0.198. The molecule has 0 amide bonds. The highest BCUT2D eigenvalue weighted by Crippen LogP contribution is 2.29. The number of nitrogens with zero attached hydrogens (tertiary/aromatic N) is 4. The standard InChI is InChI=1S/C26H29N5O3S/c1-4-34-25(32)22-16-23(20-10-12-21(33-3)13-11-20)30(18(22)2)15-14-24-28-29-26(31(24)27)35-17-19-8-6-5-7-9-19/h5-13,16H,4,14-15,17,27H2,1-3H3. The van der Waals surface area contributed by atoms with E-state index in [1.54, 1.807) is 30.5 Å². The number of esters is 1. The first-order valence-electron chi connectivity index (χ1n) is 11.4. The highest BCUT2D eigenvalue weighted by molar-refractivity contribution is 7.98. The van der Waals surface area contributed by atoms with Crippen LogP contribution in [0, 0.1) is 6.92 Å². The van der Waals surface area contributed by atoms with Crippen LogP contribution in [-0.4, -0.2) is 39.1 Å². The molecule has 8 nitrogen and oxygen atoms in total. The number of thioether (sulfide) groups is 1. The van der Waals surface area contributed by atoms with Gasteiger partial charge >= 0.3 is 5.97 Å². The Labute approximate surface area is 209 Å². The van der Waals surface area contributed by atoms with Crippen molar-refractivity contribution in [1.29, 1.82) is 0 Å². The van der Waals surface area contributed by atoms with Gasteiger partial charge in [0, 0.05) is 30.1 Å². The van der Waals surface area contributed by atoms with Gasteiger partial charge in [-0.15, -0.1) is 10.2 Å². The maximum Gasteiger partial charge on any atom is 0.339 e. The number of rotatable bonds is 10. The van der Waals surface area contributed by atoms with E-state index in [0.717, 1.165) is 28.5 Å². The topological polar surface area (TPSA) is 97.2 Å². The molecule has 9 heteroatoms. The average Bonchev–Trinajstić information content (AvgIpc) is 3.41. The molecular formula is C26H29N5O3S. The highest BCUT2D eigenvalue weighted by atomic mass is 32.2. The molecule has 0 fully saturated rings. The van der Waals surface area contributed by atoms with Crippen LogP contribution in [0.5, 0.6) is 5.75 Å². The van der Waals surface area contributed by atoms with Crippen molar-refractivity contribution in [1.82, 2.24) is 19.4 Å². The first-order chi connectivity index (χ1) is 17.0. The first kappa shape index (κ1) is 24.4. The second-order valence-corrected chi connectivity index (χ2v) is 8.86. The second kappa shape index (κ2) is 11.1. The van der Waals surface area contributed by atoms with E-state index in [4.69, 9.17) is 15.3 Å². The third kappa shape index (κ3) is 5.51. The van der Waals surface area contributed by atoms with Gasteiger partial charge in [-0.2, -0.15) is 0 Å². The second-order valence-electron chi connectivity index (χ2n) is 7.92. The van der Waals surface area contributed by atoms with Crippen LogP contribution in [0.3, 0.4) is 0 Å². The van der Waals surface area contributed by atoms with Crippen molar-refractivity contribution < 1.29 is 14.3 Å². The summed E-state index contributed by atoms with van der Waals surface area (Å²) in [4.78, 5) is 12.6. The zero-order valence-corrected chi connectivity index (χ0v) is 20.9. The minimum atomic E-state index is -0.333. The minimum absolute atomic E-state index is 0.320. The minimum Gasteiger partial charge on any atom is -0.497 e. The average molecular weight is 492 g/mol. The van der Waals surface area contributed by atoms with Crippen LogP contribution in [0.1, 0.15) is 34.4 Å². The lowest BCUT2D eigenvalue weighted by molar-refractivity contribution is 0.0525. The Bertz CT molecular complexity index is 1280. The van der Waals surface area contributed by atoms with Crippen molar-refractivity contribution >= 4 is 17.7 Å². The Morgan fingerprint density at radius 3 is 2.51 bits per heavy atom. The molecule has 0 saturated carbocycles. The number of nitrogens with two attached hydrogens (primary N) is 1. The van der Waals surface area contributed by atoms with E-state index in [1.165, 1.54) is 5.56 Å². The van der Waals surface area contributed by atoms with Gasteiger partial charge in [-0.05, 0) is 55.3 Å². The number of aryl methyl sites for hydroxylation is 1. The summed E-state index contributed by atoms with van der Waals surface area (Å²) in [5.74, 6) is 8.19. The summed E-state index contributed by atoms with van der Waals surface area (Å²) in [6, 6.07) is 19.8. The summed E-state index contributed by atoms with van der Waals surface area (Å²) in [5, 5.41) is 9.25. The van der Waals surface area contributed by atoms with Gasteiger partial charge in [0.05, 0.1) is 19.3 Å². The molecule has 0 aliphatic carbocycles. The van der Waals surface area contributed by atoms with Gasteiger partial charge < -0.3 is 19.9 Å². The predicted octanol–water partition coefficient (Wildman–Crippen LogP) is 4.49. The summed E-state index contributed by atoms with van der Waals surface area (Å²) < 4.78 is 14.2. The van der Waals surface area contributed by atoms with Crippen LogP contribution >= 0.6 is 11.8 Å². The molecule has 0 unspecified atom stereocenters. The molecule has 0 aliphatic rings. The Morgan fingerprint density at radius 2 is 1.83 bits per heavy atom. The lowest BCUT2D eigenvalue weighted by Crippen LogP contribution is -2.16. The Morgan fingerprint density at radius 1 is 1.09 bits per heavy atom. The zero-order chi connectivity index (χ0) is 24.8. The molecule has 0 aliphatic heterocycles. The van der Waals surface area contributed by atoms with Gasteiger partial charge in [0.2, 0.25) is 5.16 Å². The smallest absolute Gasteiger partial charge is 0.339 e. The normalized spacial score (nSPS) is 10.9. The predicted molar refractivity (Wildman–Crippen MR) is 137 cm³/mol. The molecule has 35 heavy (non-hydrogen) atoms. The Hall–Kier alpha value is -3.72. The van der Waals surface area contributed by atoms with Crippen LogP contribution in [-0.2, 0) is 23.5 Å². The molecule has 2 aromatic carbocycles. The van der Waals surface area contributed by atoms with Crippen molar-refractivity contribution in [2.24, 2.45) is 0 Å². The fourth-order valence-electron chi connectivity index (χ4n) is 3.86.